The Balaban J connectivity index is 1.86. The molecule has 3 N–H and O–H groups in total. The molecule has 0 radical (unpaired) electrons. The first-order chi connectivity index (χ1) is 10.1. The highest BCUT2D eigenvalue weighted by Gasteiger charge is 2.04. The van der Waals surface area contributed by atoms with Crippen LogP contribution in [-0.2, 0) is 6.54 Å². The lowest BCUT2D eigenvalue weighted by molar-refractivity contribution is 0.250. The third kappa shape index (κ3) is 5.06. The third-order valence-corrected chi connectivity index (χ3v) is 2.52. The predicted octanol–water partition coefficient (Wildman–Crippen LogP) is 2.01. The zero-order valence-electron chi connectivity index (χ0n) is 12.0. The number of hydrogen-bond acceptors (Lipinski definition) is 5. The van der Waals surface area contributed by atoms with E-state index in [1.54, 1.807) is 24.5 Å². The van der Waals surface area contributed by atoms with Crippen LogP contribution >= 0.6 is 0 Å². The number of carbonyl (C=O) groups is 1. The summed E-state index contributed by atoms with van der Waals surface area (Å²) in [4.78, 5) is 15.5. The summed E-state index contributed by atoms with van der Waals surface area (Å²) in [6.45, 7) is 4.39. The Morgan fingerprint density at radius 2 is 1.95 bits per heavy atom. The van der Waals surface area contributed by atoms with E-state index in [0.29, 0.717) is 18.2 Å². The minimum absolute atomic E-state index is 0.0679. The monoisotopic (exact) mass is 286 g/mol. The van der Waals surface area contributed by atoms with Gasteiger partial charge in [0.2, 0.25) is 0 Å². The average molecular weight is 286 g/mol. The molecule has 7 heteroatoms. The lowest BCUT2D eigenvalue weighted by Gasteiger charge is -2.09. The van der Waals surface area contributed by atoms with Crippen LogP contribution in [0.4, 0.5) is 16.4 Å². The van der Waals surface area contributed by atoms with Gasteiger partial charge in [0.1, 0.15) is 5.82 Å². The molecule has 0 saturated carbocycles. The fraction of sp³-hybridized carbons (Fsp3) is 0.286. The molecule has 0 atom stereocenters. The molecule has 0 bridgehead atoms. The molecule has 2 amide bonds. The molecule has 0 unspecified atom stereocenters. The summed E-state index contributed by atoms with van der Waals surface area (Å²) in [6, 6.07) is 7.07. The number of aromatic nitrogens is 3. The van der Waals surface area contributed by atoms with Crippen LogP contribution in [0.5, 0.6) is 0 Å². The smallest absolute Gasteiger partial charge is 0.320 e. The first kappa shape index (κ1) is 14.7. The van der Waals surface area contributed by atoms with Gasteiger partial charge in [-0.1, -0.05) is 6.07 Å². The van der Waals surface area contributed by atoms with Crippen molar-refractivity contribution in [1.29, 1.82) is 0 Å². The van der Waals surface area contributed by atoms with Gasteiger partial charge in [-0.3, -0.25) is 10.3 Å². The van der Waals surface area contributed by atoms with Gasteiger partial charge in [0, 0.05) is 25.0 Å². The van der Waals surface area contributed by atoms with Gasteiger partial charge in [-0.25, -0.2) is 4.79 Å². The molecule has 0 spiro atoms. The van der Waals surface area contributed by atoms with E-state index in [4.69, 9.17) is 0 Å². The number of rotatable bonds is 5. The van der Waals surface area contributed by atoms with Gasteiger partial charge in [0.05, 0.1) is 0 Å². The number of urea groups is 1. The minimum atomic E-state index is -0.296. The van der Waals surface area contributed by atoms with E-state index in [9.17, 15) is 4.79 Å². The van der Waals surface area contributed by atoms with Crippen LogP contribution in [0.15, 0.2) is 36.7 Å². The van der Waals surface area contributed by atoms with Gasteiger partial charge in [0.15, 0.2) is 5.82 Å². The maximum absolute atomic E-state index is 11.5. The van der Waals surface area contributed by atoms with E-state index in [0.717, 1.165) is 5.56 Å². The molecular weight excluding hydrogens is 268 g/mol. The normalized spacial score (nSPS) is 10.2. The van der Waals surface area contributed by atoms with Crippen molar-refractivity contribution in [3.63, 3.8) is 0 Å². The van der Waals surface area contributed by atoms with Crippen molar-refractivity contribution in [3.05, 3.63) is 42.2 Å². The summed E-state index contributed by atoms with van der Waals surface area (Å²) in [5, 5.41) is 16.4. The molecule has 2 aromatic heterocycles. The molecule has 110 valence electrons. The molecule has 0 aromatic carbocycles. The van der Waals surface area contributed by atoms with E-state index >= 15 is 0 Å². The number of amides is 2. The number of nitrogens with one attached hydrogen (secondary N) is 3. The van der Waals surface area contributed by atoms with Crippen LogP contribution in [-0.4, -0.2) is 27.3 Å². The fourth-order valence-corrected chi connectivity index (χ4v) is 1.60. The van der Waals surface area contributed by atoms with Crippen molar-refractivity contribution < 1.29 is 4.79 Å². The summed E-state index contributed by atoms with van der Waals surface area (Å²) in [7, 11) is 0. The molecule has 0 fully saturated rings. The Labute approximate surface area is 123 Å². The standard InChI is InChI=1S/C14H18N6O/c1-10(2)17-14(21)18-13-6-5-12(19-20-13)16-9-11-4-3-7-15-8-11/h3-8,10H,9H2,1-2H3,(H,16,19)(H2,17,18,20,21). The Kier molecular flexibility index (Phi) is 5.03. The predicted molar refractivity (Wildman–Crippen MR) is 80.9 cm³/mol. The number of pyridine rings is 1. The van der Waals surface area contributed by atoms with Crippen LogP contribution in [0.1, 0.15) is 19.4 Å². The largest absolute Gasteiger partial charge is 0.364 e. The van der Waals surface area contributed by atoms with Crippen molar-refractivity contribution in [2.75, 3.05) is 10.6 Å². The molecule has 2 heterocycles. The molecule has 2 aromatic rings. The first-order valence-corrected chi connectivity index (χ1v) is 6.67. The van der Waals surface area contributed by atoms with Gasteiger partial charge >= 0.3 is 6.03 Å². The quantitative estimate of drug-likeness (QED) is 0.782. The summed E-state index contributed by atoms with van der Waals surface area (Å²) >= 11 is 0. The van der Waals surface area contributed by atoms with Gasteiger partial charge in [-0.05, 0) is 37.6 Å². The Morgan fingerprint density at radius 3 is 2.57 bits per heavy atom. The van der Waals surface area contributed by atoms with E-state index in [1.165, 1.54) is 0 Å². The van der Waals surface area contributed by atoms with E-state index in [2.05, 4.69) is 31.1 Å². The van der Waals surface area contributed by atoms with Crippen LogP contribution in [0, 0.1) is 0 Å². The van der Waals surface area contributed by atoms with Gasteiger partial charge in [-0.15, -0.1) is 10.2 Å². The van der Waals surface area contributed by atoms with Crippen LogP contribution in [0.2, 0.25) is 0 Å². The van der Waals surface area contributed by atoms with Crippen molar-refractivity contribution >= 4 is 17.7 Å². The SMILES string of the molecule is CC(C)NC(=O)Nc1ccc(NCc2cccnc2)nn1. The Morgan fingerprint density at radius 1 is 1.19 bits per heavy atom. The molecule has 0 aliphatic heterocycles. The van der Waals surface area contributed by atoms with Crippen LogP contribution < -0.4 is 16.0 Å². The molecular formula is C14H18N6O. The van der Waals surface area contributed by atoms with Gasteiger partial charge in [-0.2, -0.15) is 0 Å². The summed E-state index contributed by atoms with van der Waals surface area (Å²) < 4.78 is 0. The molecule has 2 rings (SSSR count). The number of anilines is 2. The van der Waals surface area contributed by atoms with E-state index < -0.39 is 0 Å². The molecule has 21 heavy (non-hydrogen) atoms. The third-order valence-electron chi connectivity index (χ3n) is 2.52. The summed E-state index contributed by atoms with van der Waals surface area (Å²) in [5.41, 5.74) is 1.05. The zero-order chi connectivity index (χ0) is 15.1. The van der Waals surface area contributed by atoms with Crippen molar-refractivity contribution in [2.45, 2.75) is 26.4 Å². The molecule has 0 aliphatic carbocycles. The lowest BCUT2D eigenvalue weighted by atomic mass is 10.3. The second kappa shape index (κ2) is 7.18. The summed E-state index contributed by atoms with van der Waals surface area (Å²) in [5.74, 6) is 1.04. The molecule has 0 saturated heterocycles. The highest BCUT2D eigenvalue weighted by atomic mass is 16.2. The van der Waals surface area contributed by atoms with Crippen molar-refractivity contribution in [3.8, 4) is 0 Å². The number of carbonyl (C=O) groups excluding carboxylic acids is 1. The molecule has 0 aliphatic rings. The second-order valence-electron chi connectivity index (χ2n) is 4.77. The maximum atomic E-state index is 11.5. The van der Waals surface area contributed by atoms with Crippen molar-refractivity contribution in [2.24, 2.45) is 0 Å². The van der Waals surface area contributed by atoms with E-state index in [1.807, 2.05) is 26.0 Å². The highest BCUT2D eigenvalue weighted by molar-refractivity contribution is 5.88. The number of hydrogen-bond donors (Lipinski definition) is 3. The highest BCUT2D eigenvalue weighted by Crippen LogP contribution is 2.07. The second-order valence-corrected chi connectivity index (χ2v) is 4.77. The Bertz CT molecular complexity index is 570. The van der Waals surface area contributed by atoms with E-state index in [-0.39, 0.29) is 12.1 Å². The Hall–Kier alpha value is -2.70. The first-order valence-electron chi connectivity index (χ1n) is 6.67. The number of nitrogens with zero attached hydrogens (tertiary/aromatic N) is 3. The topological polar surface area (TPSA) is 91.8 Å². The van der Waals surface area contributed by atoms with Crippen LogP contribution in [0.3, 0.4) is 0 Å². The zero-order valence-corrected chi connectivity index (χ0v) is 12.0. The summed E-state index contributed by atoms with van der Waals surface area (Å²) in [6.07, 6.45) is 3.51. The van der Waals surface area contributed by atoms with Gasteiger partial charge < -0.3 is 10.6 Å². The minimum Gasteiger partial charge on any atom is -0.364 e. The van der Waals surface area contributed by atoms with Crippen LogP contribution in [0.25, 0.3) is 0 Å². The van der Waals surface area contributed by atoms with Gasteiger partial charge in [0.25, 0.3) is 0 Å². The lowest BCUT2D eigenvalue weighted by Crippen LogP contribution is -2.34. The fourth-order valence-electron chi connectivity index (χ4n) is 1.60. The average Bonchev–Trinajstić information content (AvgIpc) is 2.47. The maximum Gasteiger partial charge on any atom is 0.320 e. The van der Waals surface area contributed by atoms with Crippen molar-refractivity contribution in [1.82, 2.24) is 20.5 Å². The molecule has 7 nitrogen and oxygen atoms in total.